The topological polar surface area (TPSA) is 37.4 Å². The van der Waals surface area contributed by atoms with Gasteiger partial charge in [0.2, 0.25) is 0 Å². The molecule has 1 heterocycles. The van der Waals surface area contributed by atoms with Crippen LogP contribution < -0.4 is 5.43 Å². The van der Waals surface area contributed by atoms with Crippen LogP contribution in [0.1, 0.15) is 81.1 Å². The van der Waals surface area contributed by atoms with Crippen LogP contribution in [0.3, 0.4) is 0 Å². The van der Waals surface area contributed by atoms with Gasteiger partial charge in [0.15, 0.2) is 5.43 Å². The Bertz CT molecular complexity index is 850. The predicted molar refractivity (Wildman–Crippen MR) is 122 cm³/mol. The number of fused-ring (bicyclic) bond motifs is 2. The Labute approximate surface area is 173 Å². The summed E-state index contributed by atoms with van der Waals surface area (Å²) in [5.74, 6) is 0.768. The lowest BCUT2D eigenvalue weighted by Gasteiger charge is -2.23. The van der Waals surface area contributed by atoms with Gasteiger partial charge in [-0.15, -0.1) is 11.3 Å². The fraction of sp³-hybridized carbons (Fsp3) is 0.583. The van der Waals surface area contributed by atoms with Crippen LogP contribution in [0.4, 0.5) is 0 Å². The highest BCUT2D eigenvalue weighted by Crippen LogP contribution is 2.32. The number of hydrogen-bond acceptors (Lipinski definition) is 3. The smallest absolute Gasteiger partial charge is 0.253 e. The Morgan fingerprint density at radius 3 is 2.43 bits per heavy atom. The van der Waals surface area contributed by atoms with E-state index in [-0.39, 0.29) is 11.3 Å². The third kappa shape index (κ3) is 4.83. The highest BCUT2D eigenvalue weighted by molar-refractivity contribution is 7.18. The van der Waals surface area contributed by atoms with E-state index < -0.39 is 0 Å². The van der Waals surface area contributed by atoms with Crippen molar-refractivity contribution < 1.29 is 4.79 Å². The summed E-state index contributed by atoms with van der Waals surface area (Å²) in [6, 6.07) is 5.64. The van der Waals surface area contributed by atoms with Crippen LogP contribution in [-0.2, 0) is 12.8 Å². The minimum atomic E-state index is 0.0828. The van der Waals surface area contributed by atoms with Gasteiger partial charge in [0, 0.05) is 39.2 Å². The van der Waals surface area contributed by atoms with Crippen LogP contribution in [0, 0.1) is 5.92 Å². The molecule has 1 unspecified atom stereocenters. The third-order valence-electron chi connectivity index (χ3n) is 5.45. The lowest BCUT2D eigenvalue weighted by molar-refractivity contribution is 0.0756. The first-order valence-electron chi connectivity index (χ1n) is 11.0. The second kappa shape index (κ2) is 10.8. The summed E-state index contributed by atoms with van der Waals surface area (Å²) >= 11 is 1.72. The predicted octanol–water partition coefficient (Wildman–Crippen LogP) is 6.06. The zero-order valence-corrected chi connectivity index (χ0v) is 19.0. The number of nitrogens with zero attached hydrogens (tertiary/aromatic N) is 1. The maximum Gasteiger partial charge on any atom is 0.253 e. The van der Waals surface area contributed by atoms with Crippen LogP contribution in [0.15, 0.2) is 23.0 Å². The van der Waals surface area contributed by atoms with Gasteiger partial charge < -0.3 is 4.90 Å². The molecule has 1 aromatic carbocycles. The van der Waals surface area contributed by atoms with Crippen molar-refractivity contribution in [2.24, 2.45) is 5.92 Å². The van der Waals surface area contributed by atoms with Gasteiger partial charge in [-0.2, -0.15) is 0 Å². The molecule has 0 saturated carbocycles. The fourth-order valence-electron chi connectivity index (χ4n) is 3.93. The van der Waals surface area contributed by atoms with Crippen molar-refractivity contribution in [2.75, 3.05) is 13.1 Å². The average Bonchev–Trinajstić information content (AvgIpc) is 2.74. The van der Waals surface area contributed by atoms with Crippen LogP contribution in [0.5, 0.6) is 0 Å². The molecule has 2 aromatic rings. The number of hydrogen-bond donors (Lipinski definition) is 0. The quantitative estimate of drug-likeness (QED) is 0.589. The lowest BCUT2D eigenvalue weighted by atomic mass is 9.86. The zero-order valence-electron chi connectivity index (χ0n) is 18.1. The van der Waals surface area contributed by atoms with E-state index >= 15 is 0 Å². The van der Waals surface area contributed by atoms with Crippen molar-refractivity contribution >= 4 is 27.3 Å². The van der Waals surface area contributed by atoms with Crippen LogP contribution >= 0.6 is 11.3 Å². The number of amides is 1. The molecule has 1 aliphatic carbocycles. The van der Waals surface area contributed by atoms with Crippen molar-refractivity contribution in [2.45, 2.75) is 73.1 Å². The molecule has 1 aliphatic rings. The molecule has 3 nitrogen and oxygen atoms in total. The molecular weight excluding hydrogens is 366 g/mol. The van der Waals surface area contributed by atoms with E-state index in [0.29, 0.717) is 11.5 Å². The van der Waals surface area contributed by atoms with Crippen molar-refractivity contribution in [1.29, 1.82) is 0 Å². The largest absolute Gasteiger partial charge is 0.339 e. The Balaban J connectivity index is 0.00000136. The molecule has 0 spiro atoms. The second-order valence-corrected chi connectivity index (χ2v) is 8.49. The van der Waals surface area contributed by atoms with E-state index in [0.717, 1.165) is 60.8 Å². The Kier molecular flexibility index (Phi) is 8.68. The van der Waals surface area contributed by atoms with Crippen molar-refractivity contribution in [1.82, 2.24) is 4.90 Å². The number of carbonyl (C=O) groups is 1. The molecule has 3 rings (SSSR count). The molecule has 28 heavy (non-hydrogen) atoms. The van der Waals surface area contributed by atoms with Crippen molar-refractivity contribution in [3.05, 3.63) is 44.4 Å². The molecule has 1 aromatic heterocycles. The number of carbonyl (C=O) groups excluding carboxylic acids is 1. The summed E-state index contributed by atoms with van der Waals surface area (Å²) in [5.41, 5.74) is 1.91. The summed E-state index contributed by atoms with van der Waals surface area (Å²) in [7, 11) is 0. The number of benzene rings is 1. The van der Waals surface area contributed by atoms with Crippen LogP contribution in [0.2, 0.25) is 0 Å². The average molecular weight is 402 g/mol. The van der Waals surface area contributed by atoms with Gasteiger partial charge in [0.25, 0.3) is 5.91 Å². The van der Waals surface area contributed by atoms with Gasteiger partial charge in [-0.25, -0.2) is 0 Å². The van der Waals surface area contributed by atoms with Gasteiger partial charge in [-0.3, -0.25) is 9.59 Å². The summed E-state index contributed by atoms with van der Waals surface area (Å²) in [6.45, 7) is 12.0. The first kappa shape index (κ1) is 22.6. The minimum Gasteiger partial charge on any atom is -0.339 e. The van der Waals surface area contributed by atoms with Crippen molar-refractivity contribution in [3.63, 3.8) is 0 Å². The van der Waals surface area contributed by atoms with Gasteiger partial charge in [-0.05, 0) is 56.2 Å². The SMILES string of the molecule is CC.CCCN(CCC)C(=O)c1ccc2c(=O)c3c(sc2c1)CC(CC)CC3. The molecule has 154 valence electrons. The summed E-state index contributed by atoms with van der Waals surface area (Å²) in [5, 5.41) is 0.776. The highest BCUT2D eigenvalue weighted by Gasteiger charge is 2.22. The normalized spacial score (nSPS) is 15.5. The summed E-state index contributed by atoms with van der Waals surface area (Å²) < 4.78 is 0.962. The fourth-order valence-corrected chi connectivity index (χ4v) is 5.29. The van der Waals surface area contributed by atoms with Crippen molar-refractivity contribution in [3.8, 4) is 0 Å². The summed E-state index contributed by atoms with van der Waals surface area (Å²) in [4.78, 5) is 29.0. The first-order valence-corrected chi connectivity index (χ1v) is 11.8. The molecule has 4 heteroatoms. The molecule has 0 fully saturated rings. The molecule has 0 aliphatic heterocycles. The highest BCUT2D eigenvalue weighted by atomic mass is 32.1. The van der Waals surface area contributed by atoms with Gasteiger partial charge in [0.05, 0.1) is 0 Å². The molecular formula is C24H35NO2S. The zero-order chi connectivity index (χ0) is 20.7. The van der Waals surface area contributed by atoms with E-state index in [1.165, 1.54) is 11.3 Å². The number of rotatable bonds is 6. The summed E-state index contributed by atoms with van der Waals surface area (Å²) in [6.07, 6.45) is 6.12. The van der Waals surface area contributed by atoms with E-state index in [1.807, 2.05) is 36.9 Å². The first-order chi connectivity index (χ1) is 13.6. The van der Waals surface area contributed by atoms with Gasteiger partial charge >= 0.3 is 0 Å². The minimum absolute atomic E-state index is 0.0828. The second-order valence-electron chi connectivity index (χ2n) is 7.35. The molecule has 1 amide bonds. The monoisotopic (exact) mass is 401 g/mol. The maximum absolute atomic E-state index is 12.9. The van der Waals surface area contributed by atoms with E-state index in [1.54, 1.807) is 11.3 Å². The molecule has 0 saturated heterocycles. The van der Waals surface area contributed by atoms with Crippen LogP contribution in [0.25, 0.3) is 10.1 Å². The van der Waals surface area contributed by atoms with E-state index in [9.17, 15) is 9.59 Å². The van der Waals surface area contributed by atoms with E-state index in [2.05, 4.69) is 20.8 Å². The molecule has 1 atom stereocenters. The Morgan fingerprint density at radius 1 is 1.14 bits per heavy atom. The third-order valence-corrected chi connectivity index (χ3v) is 6.66. The Hall–Kier alpha value is -1.68. The molecule has 0 radical (unpaired) electrons. The molecule has 0 N–H and O–H groups in total. The van der Waals surface area contributed by atoms with Gasteiger partial charge in [0.1, 0.15) is 0 Å². The Morgan fingerprint density at radius 2 is 1.82 bits per heavy atom. The maximum atomic E-state index is 12.9. The van der Waals surface area contributed by atoms with E-state index in [4.69, 9.17) is 0 Å². The van der Waals surface area contributed by atoms with Crippen LogP contribution in [-0.4, -0.2) is 23.9 Å². The lowest BCUT2D eigenvalue weighted by Crippen LogP contribution is -2.32. The standard InChI is InChI=1S/C22H29NO2S.C2H6/c1-4-11-23(12-5-2)22(25)16-8-10-18-20(14-16)26-19-13-15(6-3)7-9-17(19)21(18)24;1-2/h8,10,14-15H,4-7,9,11-13H2,1-3H3;1-2H3. The molecule has 0 bridgehead atoms. The van der Waals surface area contributed by atoms with Gasteiger partial charge in [-0.1, -0.05) is 41.0 Å².